The van der Waals surface area contributed by atoms with Crippen molar-refractivity contribution in [3.63, 3.8) is 0 Å². The summed E-state index contributed by atoms with van der Waals surface area (Å²) in [6.45, 7) is 58.6. The molecule has 0 amide bonds. The van der Waals surface area contributed by atoms with Crippen LogP contribution in [0.5, 0.6) is 0 Å². The molecule has 8 aliphatic heterocycles. The molecule has 544 valence electrons. The van der Waals surface area contributed by atoms with Gasteiger partial charge < -0.3 is 56.0 Å². The van der Waals surface area contributed by atoms with Gasteiger partial charge in [0.2, 0.25) is 29.5 Å². The summed E-state index contributed by atoms with van der Waals surface area (Å²) in [7, 11) is -10.1. The lowest BCUT2D eigenvalue weighted by atomic mass is 9.79. The molecule has 8 rings (SSSR count). The van der Waals surface area contributed by atoms with Gasteiger partial charge in [-0.1, -0.05) is 55.4 Å². The Bertz CT molecular complexity index is 2110. The first-order valence-electron chi connectivity index (χ1n) is 36.5. The van der Waals surface area contributed by atoms with Gasteiger partial charge in [0.05, 0.1) is 122 Å². The lowest BCUT2D eigenvalue weighted by Crippen LogP contribution is -2.43. The van der Waals surface area contributed by atoms with E-state index in [2.05, 4.69) is 138 Å². The second-order valence-electron chi connectivity index (χ2n) is 33.8. The molecule has 0 N–H and O–H groups in total. The zero-order chi connectivity index (χ0) is 69.7. The molecule has 0 aromatic carbocycles. The maximum Gasteiger partial charge on any atom is 0.203 e. The normalized spacial score (nSPS) is 40.9. The average Bonchev–Trinajstić information content (AvgIpc) is 1.63. The van der Waals surface area contributed by atoms with Crippen molar-refractivity contribution in [2.75, 3.05) is 49.3 Å². The summed E-state index contributed by atoms with van der Waals surface area (Å²) in [5.74, 6) is 1.06. The largest absolute Gasteiger partial charge is 0.372 e. The van der Waals surface area contributed by atoms with Crippen LogP contribution < -0.4 is 0 Å². The molecule has 16 nitrogen and oxygen atoms in total. The molecule has 92 heavy (non-hydrogen) atoms. The molecule has 0 spiro atoms. The molecule has 20 heteroatoms. The minimum atomic E-state index is -2.54. The van der Waals surface area contributed by atoms with Crippen LogP contribution in [0.25, 0.3) is 0 Å². The van der Waals surface area contributed by atoms with E-state index in [4.69, 9.17) is 56.0 Å². The van der Waals surface area contributed by atoms with Crippen molar-refractivity contribution in [1.29, 1.82) is 0 Å². The monoisotopic (exact) mass is 1380 g/mol. The Balaban J connectivity index is 0.000000223. The second-order valence-corrected chi connectivity index (χ2v) is 44.4. The van der Waals surface area contributed by atoms with E-state index >= 15 is 0 Å². The molecule has 0 radical (unpaired) electrons. The summed E-state index contributed by atoms with van der Waals surface area (Å²) in [4.78, 5) is 0. The van der Waals surface area contributed by atoms with E-state index in [1.54, 1.807) is 0 Å². The maximum atomic E-state index is 13.1. The second kappa shape index (κ2) is 33.9. The fourth-order valence-corrected chi connectivity index (χ4v) is 27.3. The zero-order valence-corrected chi connectivity index (χ0v) is 67.1. The van der Waals surface area contributed by atoms with Crippen LogP contribution in [0.2, 0.25) is 0 Å². The molecule has 0 aromatic heterocycles. The predicted molar refractivity (Wildman–Crippen MR) is 378 cm³/mol. The number of rotatable bonds is 20. The van der Waals surface area contributed by atoms with E-state index < -0.39 is 29.5 Å². The summed E-state index contributed by atoms with van der Waals surface area (Å²) in [6.07, 6.45) is 15.0. The summed E-state index contributed by atoms with van der Waals surface area (Å²) >= 11 is 0. The van der Waals surface area contributed by atoms with Crippen LogP contribution in [-0.2, 0) is 74.3 Å². The van der Waals surface area contributed by atoms with E-state index in [1.165, 1.54) is 0 Å². The van der Waals surface area contributed by atoms with Gasteiger partial charge in [0.1, 0.15) is 0 Å². The minimum absolute atomic E-state index is 0.0159. The van der Waals surface area contributed by atoms with E-state index in [-0.39, 0.29) is 167 Å². The van der Waals surface area contributed by atoms with Gasteiger partial charge >= 0.3 is 0 Å². The summed E-state index contributed by atoms with van der Waals surface area (Å²) in [5, 5.41) is 0. The first-order valence-corrected chi connectivity index (χ1v) is 44.5. The number of hydrogen-bond acceptors (Lipinski definition) is 16. The highest BCUT2D eigenvalue weighted by Crippen LogP contribution is 2.61. The Morgan fingerprint density at radius 1 is 0.293 bits per heavy atom. The van der Waals surface area contributed by atoms with Crippen LogP contribution in [0.15, 0.2) is 0 Å². The molecule has 8 fully saturated rings. The highest BCUT2D eigenvalue weighted by molar-refractivity contribution is 7.60. The lowest BCUT2D eigenvalue weighted by Gasteiger charge is -2.37. The molecule has 8 aliphatic rings. The number of ether oxygens (including phenoxy) is 8. The number of hydrogen-bond donors (Lipinski definition) is 0. The topological polar surface area (TPSA) is 179 Å². The van der Waals surface area contributed by atoms with E-state index in [9.17, 15) is 18.3 Å². The Morgan fingerprint density at radius 3 is 0.598 bits per heavy atom. The highest BCUT2D eigenvalue weighted by atomic mass is 31.2. The van der Waals surface area contributed by atoms with Gasteiger partial charge in [-0.05, 0) is 214 Å². The van der Waals surface area contributed by atoms with E-state index in [0.29, 0.717) is 49.3 Å². The van der Waals surface area contributed by atoms with Gasteiger partial charge in [-0.3, -0.25) is 18.3 Å². The molecule has 0 aromatic rings. The predicted octanol–water partition coefficient (Wildman–Crippen LogP) is 18.8. The first-order chi connectivity index (χ1) is 42.2. The summed E-state index contributed by atoms with van der Waals surface area (Å²) in [5.41, 5.74) is -0.130. The summed E-state index contributed by atoms with van der Waals surface area (Å²) < 4.78 is 126. The molecular formula is C72H140O16P4. The molecular weight excluding hydrogens is 1240 g/mol. The Hall–Kier alpha value is 0.440. The smallest absolute Gasteiger partial charge is 0.203 e. The quantitative estimate of drug-likeness (QED) is 0.105. The van der Waals surface area contributed by atoms with Gasteiger partial charge in [0.15, 0.2) is 0 Å². The fourth-order valence-electron chi connectivity index (χ4n) is 15.7. The molecule has 0 aliphatic carbocycles. The van der Waals surface area contributed by atoms with Gasteiger partial charge in [0, 0.05) is 71.0 Å². The fraction of sp³-hybridized carbons (Fsp3) is 1.00. The van der Waals surface area contributed by atoms with E-state index in [1.807, 2.05) is 55.4 Å². The van der Waals surface area contributed by atoms with E-state index in [0.717, 1.165) is 51.4 Å². The van der Waals surface area contributed by atoms with Crippen LogP contribution in [0, 0.1) is 45.3 Å². The van der Waals surface area contributed by atoms with Crippen molar-refractivity contribution in [2.24, 2.45) is 45.3 Å². The summed E-state index contributed by atoms with van der Waals surface area (Å²) in [6, 6.07) is 0. The minimum Gasteiger partial charge on any atom is -0.372 e. The van der Waals surface area contributed by atoms with Crippen molar-refractivity contribution in [2.45, 2.75) is 367 Å². The zero-order valence-electron chi connectivity index (χ0n) is 63.5. The lowest BCUT2D eigenvalue weighted by molar-refractivity contribution is -0.0790. The van der Waals surface area contributed by atoms with Gasteiger partial charge in [0.25, 0.3) is 0 Å². The SMILES string of the molecule is CC(C)O[C@@H]1[C@@H]([C@@H]2CCC[P@@](=O)(OC(C)C)C2)O[C@@H](C)C1(C)C.CC(C)O[C@@H]1[C@@H]([C@@H]2CCC[P@](=O)(OC(C)C)C2)O[C@@H](C)C1(C)C.CC(C)O[C@@H]1[C@@H]([C@H]2CCC[P@@](=O)(OC(C)C)C2)O[C@@H](C)C1(C)C.CC(C)O[C@@H]1[C@@H]([C@H]2CCC[P@](=O)(OC(C)C)C2)O[C@@H](C)C1(C)C. The molecule has 8 saturated heterocycles. The third kappa shape index (κ3) is 22.2. The Morgan fingerprint density at radius 2 is 0.457 bits per heavy atom. The van der Waals surface area contributed by atoms with Crippen LogP contribution >= 0.6 is 29.5 Å². The standard InChI is InChI=1S/4C18H35O4P/c4*1-12(2)20-17-16(21-14(5)18(17,6)7)15-9-8-10-23(19,11-15)22-13(3)4/h4*12-17H,8-11H2,1-7H3/t14-,15+,16+,17+,23+;14-,15+,16+,17+,23-;14-,15-,16+,17+,23+;14-,15-,16+,17+,23-/m0000/s1. The third-order valence-electron chi connectivity index (χ3n) is 21.3. The van der Waals surface area contributed by atoms with Crippen LogP contribution in [-0.4, -0.2) is 171 Å². The maximum absolute atomic E-state index is 13.1. The van der Waals surface area contributed by atoms with Gasteiger partial charge in [-0.15, -0.1) is 0 Å². The third-order valence-corrected chi connectivity index (χ3v) is 32.6. The van der Waals surface area contributed by atoms with Crippen molar-refractivity contribution in [1.82, 2.24) is 0 Å². The van der Waals surface area contributed by atoms with Crippen molar-refractivity contribution in [3.05, 3.63) is 0 Å². The van der Waals surface area contributed by atoms with Gasteiger partial charge in [-0.25, -0.2) is 0 Å². The van der Waals surface area contributed by atoms with Crippen molar-refractivity contribution >= 4 is 29.5 Å². The van der Waals surface area contributed by atoms with Crippen LogP contribution in [0.4, 0.5) is 0 Å². The Kier molecular flexibility index (Phi) is 30.7. The molecule has 20 atom stereocenters. The molecule has 8 heterocycles. The van der Waals surface area contributed by atoms with Crippen molar-refractivity contribution < 1.29 is 74.3 Å². The molecule has 0 saturated carbocycles. The van der Waals surface area contributed by atoms with Crippen LogP contribution in [0.1, 0.15) is 245 Å². The molecule has 0 bridgehead atoms. The first kappa shape index (κ1) is 83.1. The highest BCUT2D eigenvalue weighted by Gasteiger charge is 2.58. The Labute approximate surface area is 562 Å². The van der Waals surface area contributed by atoms with Crippen molar-refractivity contribution in [3.8, 4) is 0 Å². The molecule has 0 unspecified atom stereocenters. The van der Waals surface area contributed by atoms with Gasteiger partial charge in [-0.2, -0.15) is 0 Å². The van der Waals surface area contributed by atoms with Crippen LogP contribution in [0.3, 0.4) is 0 Å². The average molecular weight is 1390 g/mol.